The van der Waals surface area contributed by atoms with E-state index < -0.39 is 0 Å². The van der Waals surface area contributed by atoms with Crippen LogP contribution in [-0.2, 0) is 17.8 Å². The van der Waals surface area contributed by atoms with Gasteiger partial charge in [-0.05, 0) is 5.56 Å². The van der Waals surface area contributed by atoms with Crippen LogP contribution in [0.3, 0.4) is 0 Å². The molecule has 0 aliphatic carbocycles. The third-order valence-electron chi connectivity index (χ3n) is 3.02. The highest BCUT2D eigenvalue weighted by Gasteiger charge is 2.07. The van der Waals surface area contributed by atoms with Gasteiger partial charge in [0.05, 0.1) is 19.4 Å². The van der Waals surface area contributed by atoms with Crippen molar-refractivity contribution in [3.8, 4) is 0 Å². The molecule has 0 unspecified atom stereocenters. The molecule has 0 saturated heterocycles. The zero-order valence-corrected chi connectivity index (χ0v) is 16.9. The van der Waals surface area contributed by atoms with Crippen molar-refractivity contribution in [3.05, 3.63) is 54.2 Å². The van der Waals surface area contributed by atoms with Crippen LogP contribution in [0.4, 0.5) is 5.82 Å². The first-order chi connectivity index (χ1) is 12.8. The third kappa shape index (κ3) is 7.19. The van der Waals surface area contributed by atoms with Crippen LogP contribution >= 0.6 is 0 Å². The molecule has 0 amide bonds. The molecule has 3 aromatic rings. The first-order valence-electron chi connectivity index (χ1n) is 9.39. The van der Waals surface area contributed by atoms with Crippen molar-refractivity contribution < 1.29 is 4.74 Å². The second-order valence-corrected chi connectivity index (χ2v) is 4.40. The van der Waals surface area contributed by atoms with Gasteiger partial charge in [-0.3, -0.25) is 0 Å². The smallest absolute Gasteiger partial charge is 0.153 e. The normalized spacial score (nSPS) is 9.15. The summed E-state index contributed by atoms with van der Waals surface area (Å²) < 4.78 is 7.35. The Morgan fingerprint density at radius 1 is 0.962 bits per heavy atom. The summed E-state index contributed by atoms with van der Waals surface area (Å²) in [5, 5.41) is 4.15. The van der Waals surface area contributed by atoms with Crippen molar-refractivity contribution in [2.75, 3.05) is 12.3 Å². The summed E-state index contributed by atoms with van der Waals surface area (Å²) in [4.78, 5) is 8.23. The van der Waals surface area contributed by atoms with E-state index in [0.29, 0.717) is 25.5 Å². The average Bonchev–Trinajstić information content (AvgIpc) is 3.15. The molecule has 3 rings (SSSR count). The minimum Gasteiger partial charge on any atom is -0.382 e. The molecule has 0 fully saturated rings. The predicted octanol–water partition coefficient (Wildman–Crippen LogP) is 4.54. The van der Waals surface area contributed by atoms with Crippen LogP contribution in [0.15, 0.2) is 42.9 Å². The topological polar surface area (TPSA) is 78.3 Å². The van der Waals surface area contributed by atoms with E-state index in [4.69, 9.17) is 10.5 Å². The van der Waals surface area contributed by atoms with Crippen LogP contribution in [-0.4, -0.2) is 26.2 Å². The van der Waals surface area contributed by atoms with Crippen LogP contribution in [0, 0.1) is 0 Å². The number of nitrogen functional groups attached to an aromatic ring is 1. The van der Waals surface area contributed by atoms with Gasteiger partial charge >= 0.3 is 0 Å². The highest BCUT2D eigenvalue weighted by atomic mass is 16.5. The molecular formula is C20H33N5O. The van der Waals surface area contributed by atoms with Gasteiger partial charge in [-0.2, -0.15) is 5.10 Å². The van der Waals surface area contributed by atoms with Gasteiger partial charge in [-0.15, -0.1) is 0 Å². The minimum atomic E-state index is 0.434. The molecule has 26 heavy (non-hydrogen) atoms. The third-order valence-corrected chi connectivity index (χ3v) is 3.02. The standard InChI is InChI=1S/C14H15N5O.3C2H6/c15-14-12-8-16-13(19(12)18-10-17-14)6-7-20-9-11-4-2-1-3-5-11;3*1-2/h1-5,8,10H,6-7,9H2,(H2,15,17,18);3*1-2H3. The maximum absolute atomic E-state index is 5.76. The molecule has 144 valence electrons. The fourth-order valence-corrected chi connectivity index (χ4v) is 1.99. The second kappa shape index (κ2) is 14.8. The van der Waals surface area contributed by atoms with E-state index in [1.54, 1.807) is 10.7 Å². The first kappa shape index (κ1) is 23.5. The summed E-state index contributed by atoms with van der Waals surface area (Å²) in [6, 6.07) is 10.1. The fraction of sp³-hybridized carbons (Fsp3) is 0.450. The molecule has 6 nitrogen and oxygen atoms in total. The van der Waals surface area contributed by atoms with Gasteiger partial charge in [0, 0.05) is 6.42 Å². The van der Waals surface area contributed by atoms with Crippen molar-refractivity contribution in [3.63, 3.8) is 0 Å². The van der Waals surface area contributed by atoms with Crippen molar-refractivity contribution >= 4 is 11.3 Å². The second-order valence-electron chi connectivity index (χ2n) is 4.40. The Bertz CT molecular complexity index is 698. The first-order valence-corrected chi connectivity index (χ1v) is 9.39. The highest BCUT2D eigenvalue weighted by molar-refractivity contribution is 5.63. The lowest BCUT2D eigenvalue weighted by molar-refractivity contribution is 0.122. The predicted molar refractivity (Wildman–Crippen MR) is 109 cm³/mol. The Labute approximate surface area is 157 Å². The summed E-state index contributed by atoms with van der Waals surface area (Å²) in [7, 11) is 0. The van der Waals surface area contributed by atoms with Crippen molar-refractivity contribution in [2.24, 2.45) is 0 Å². The molecule has 0 atom stereocenters. The van der Waals surface area contributed by atoms with Crippen LogP contribution in [0.1, 0.15) is 52.9 Å². The number of hydrogen-bond acceptors (Lipinski definition) is 5. The summed E-state index contributed by atoms with van der Waals surface area (Å²) in [5.41, 5.74) is 7.64. The van der Waals surface area contributed by atoms with Crippen LogP contribution < -0.4 is 5.73 Å². The summed E-state index contributed by atoms with van der Waals surface area (Å²) in [5.74, 6) is 1.26. The maximum atomic E-state index is 5.76. The number of ether oxygens (including phenoxy) is 1. The van der Waals surface area contributed by atoms with Crippen LogP contribution in [0.2, 0.25) is 0 Å². The number of rotatable bonds is 5. The Morgan fingerprint density at radius 3 is 2.27 bits per heavy atom. The van der Waals surface area contributed by atoms with E-state index in [1.165, 1.54) is 6.33 Å². The molecule has 0 bridgehead atoms. The Morgan fingerprint density at radius 2 is 1.62 bits per heavy atom. The number of benzene rings is 1. The lowest BCUT2D eigenvalue weighted by atomic mass is 10.2. The Hall–Kier alpha value is -2.47. The van der Waals surface area contributed by atoms with Gasteiger partial charge in [0.25, 0.3) is 0 Å². The minimum absolute atomic E-state index is 0.434. The van der Waals surface area contributed by atoms with E-state index >= 15 is 0 Å². The molecule has 2 heterocycles. The largest absolute Gasteiger partial charge is 0.382 e. The molecule has 2 N–H and O–H groups in total. The number of aromatic nitrogens is 4. The Balaban J connectivity index is 0.000000948. The number of nitrogens with two attached hydrogens (primary N) is 1. The molecule has 2 aromatic heterocycles. The highest BCUT2D eigenvalue weighted by Crippen LogP contribution is 2.10. The van der Waals surface area contributed by atoms with E-state index in [0.717, 1.165) is 16.9 Å². The lowest BCUT2D eigenvalue weighted by Gasteiger charge is -2.04. The monoisotopic (exact) mass is 359 g/mol. The van der Waals surface area contributed by atoms with E-state index in [-0.39, 0.29) is 0 Å². The molecule has 0 aliphatic rings. The average molecular weight is 360 g/mol. The lowest BCUT2D eigenvalue weighted by Crippen LogP contribution is -2.06. The van der Waals surface area contributed by atoms with Gasteiger partial charge in [0.15, 0.2) is 5.82 Å². The number of anilines is 1. The van der Waals surface area contributed by atoms with Gasteiger partial charge in [-0.25, -0.2) is 14.5 Å². The number of fused-ring (bicyclic) bond motifs is 1. The number of imidazole rings is 1. The van der Waals surface area contributed by atoms with Crippen molar-refractivity contribution in [1.29, 1.82) is 0 Å². The van der Waals surface area contributed by atoms with Gasteiger partial charge in [0.2, 0.25) is 0 Å². The molecule has 0 radical (unpaired) electrons. The summed E-state index contributed by atoms with van der Waals surface area (Å²) in [6.07, 6.45) is 3.79. The number of nitrogens with zero attached hydrogens (tertiary/aromatic N) is 4. The van der Waals surface area contributed by atoms with Gasteiger partial charge in [0.1, 0.15) is 17.7 Å². The zero-order valence-electron chi connectivity index (χ0n) is 16.9. The quantitative estimate of drug-likeness (QED) is 0.676. The van der Waals surface area contributed by atoms with Crippen LogP contribution in [0.5, 0.6) is 0 Å². The van der Waals surface area contributed by atoms with E-state index in [2.05, 4.69) is 15.1 Å². The fourth-order valence-electron chi connectivity index (χ4n) is 1.99. The molecule has 1 aromatic carbocycles. The Kier molecular flexibility index (Phi) is 13.4. The summed E-state index contributed by atoms with van der Waals surface area (Å²) in [6.45, 7) is 13.2. The van der Waals surface area contributed by atoms with E-state index in [9.17, 15) is 0 Å². The molecular weight excluding hydrogens is 326 g/mol. The molecule has 0 saturated carbocycles. The van der Waals surface area contributed by atoms with Crippen molar-refractivity contribution in [1.82, 2.24) is 19.6 Å². The van der Waals surface area contributed by atoms with E-state index in [1.807, 2.05) is 71.9 Å². The number of hydrogen-bond donors (Lipinski definition) is 1. The zero-order chi connectivity index (χ0) is 19.8. The van der Waals surface area contributed by atoms with Gasteiger partial charge < -0.3 is 10.5 Å². The van der Waals surface area contributed by atoms with Gasteiger partial charge in [-0.1, -0.05) is 71.9 Å². The molecule has 6 heteroatoms. The molecule has 0 spiro atoms. The maximum Gasteiger partial charge on any atom is 0.153 e. The molecule has 0 aliphatic heterocycles. The summed E-state index contributed by atoms with van der Waals surface area (Å²) >= 11 is 0. The van der Waals surface area contributed by atoms with Crippen molar-refractivity contribution in [2.45, 2.75) is 54.6 Å². The van der Waals surface area contributed by atoms with Crippen LogP contribution in [0.25, 0.3) is 5.52 Å². The SMILES string of the molecule is CC.CC.CC.Nc1ncnn2c(CCOCc3ccccc3)ncc12.